The highest BCUT2D eigenvalue weighted by Crippen LogP contribution is 2.47. The minimum Gasteiger partial charge on any atom is -0.507 e. The van der Waals surface area contributed by atoms with E-state index >= 15 is 0 Å². The van der Waals surface area contributed by atoms with Gasteiger partial charge in [-0.2, -0.15) is 0 Å². The third-order valence-corrected chi connectivity index (χ3v) is 13.6. The molecular weight excluding hydrogens is 851 g/mol. The van der Waals surface area contributed by atoms with E-state index in [0.717, 1.165) is 61.3 Å². The minimum absolute atomic E-state index is 0.0349. The van der Waals surface area contributed by atoms with Crippen molar-refractivity contribution in [1.82, 2.24) is 14.5 Å². The van der Waals surface area contributed by atoms with Gasteiger partial charge in [-0.3, -0.25) is 9.55 Å². The van der Waals surface area contributed by atoms with Crippen molar-refractivity contribution in [3.05, 3.63) is 191 Å². The predicted octanol–water partition coefficient (Wildman–Crippen LogP) is 17.9. The van der Waals surface area contributed by atoms with Gasteiger partial charge in [0, 0.05) is 40.8 Å². The lowest BCUT2D eigenvalue weighted by atomic mass is 9.79. The molecule has 0 bridgehead atoms. The fourth-order valence-corrected chi connectivity index (χ4v) is 9.70. The number of aryl methyl sites for hydroxylation is 1. The van der Waals surface area contributed by atoms with Gasteiger partial charge in [0.05, 0.1) is 28.0 Å². The summed E-state index contributed by atoms with van der Waals surface area (Å²) < 4.78 is 82.2. The lowest BCUT2D eigenvalue weighted by Crippen LogP contribution is -2.17. The summed E-state index contributed by atoms with van der Waals surface area (Å²) in [5, 5.41) is 12.8. The zero-order valence-corrected chi connectivity index (χ0v) is 42.3. The Balaban J connectivity index is 1.43. The number of phenols is 1. The highest BCUT2D eigenvalue weighted by molar-refractivity contribution is 5.98. The first-order valence-electron chi connectivity index (χ1n) is 28.6. The number of pyridine rings is 1. The molecule has 0 fully saturated rings. The number of aromatic hydroxyl groups is 1. The number of hydrogen-bond acceptors (Lipinski definition) is 3. The molecule has 4 heteroatoms. The molecule has 0 amide bonds. The monoisotopic (exact) mass is 929 g/mol. The first-order valence-corrected chi connectivity index (χ1v) is 24.1. The quantitative estimate of drug-likeness (QED) is 0.173. The number of nitrogens with zero attached hydrogens (tertiary/aromatic N) is 3. The Morgan fingerprint density at radius 1 is 0.486 bits per heavy atom. The topological polar surface area (TPSA) is 50.9 Å². The van der Waals surface area contributed by atoms with Crippen LogP contribution in [0.2, 0.25) is 0 Å². The summed E-state index contributed by atoms with van der Waals surface area (Å²) in [4.78, 5) is 10.5. The molecule has 7 aromatic carbocycles. The maximum atomic E-state index is 12.8. The second-order valence-electron chi connectivity index (χ2n) is 22.0. The highest BCUT2D eigenvalue weighted by atomic mass is 16.3. The van der Waals surface area contributed by atoms with E-state index < -0.39 is 36.9 Å². The number of aromatic nitrogens is 3. The van der Waals surface area contributed by atoms with Crippen LogP contribution in [-0.2, 0) is 21.7 Å². The third kappa shape index (κ3) is 9.13. The van der Waals surface area contributed by atoms with E-state index in [0.29, 0.717) is 44.8 Å². The molecule has 1 N–H and O–H groups in total. The van der Waals surface area contributed by atoms with Gasteiger partial charge in [-0.15, -0.1) is 0 Å². The largest absolute Gasteiger partial charge is 0.507 e. The minimum atomic E-state index is -3.56. The van der Waals surface area contributed by atoms with Gasteiger partial charge in [0.15, 0.2) is 0 Å². The van der Waals surface area contributed by atoms with Crippen molar-refractivity contribution in [1.29, 1.82) is 0 Å². The van der Waals surface area contributed by atoms with E-state index in [-0.39, 0.29) is 16.6 Å². The molecule has 0 saturated carbocycles. The summed E-state index contributed by atoms with van der Waals surface area (Å²) in [5.74, 6) is 0.477. The van der Waals surface area contributed by atoms with Crippen molar-refractivity contribution in [3.63, 3.8) is 0 Å². The molecule has 9 rings (SSSR count). The predicted molar refractivity (Wildman–Crippen MR) is 297 cm³/mol. The van der Waals surface area contributed by atoms with E-state index in [9.17, 15) is 5.11 Å². The maximum Gasteiger partial charge on any atom is 0.149 e. The Bertz CT molecular complexity index is 3720. The molecule has 2 heterocycles. The highest BCUT2D eigenvalue weighted by Gasteiger charge is 2.30. The SMILES string of the molecule is [2H]C([2H])([2H])C(c1cc(-c2ncc(C)c(-c3ccccc3)c2C)cc(-c2cccc3c2nc(-c2cc(C(C)(C)C)cc(C(C)(C)C)c2O)n3-c2ccc(-c3ccc(C(C)(C)C)cc3)cc2-c2ccccc2)c1)(C([2H])([2H])[2H])C([2H])([2H])[2H]. The lowest BCUT2D eigenvalue weighted by Gasteiger charge is -2.27. The van der Waals surface area contributed by atoms with Crippen molar-refractivity contribution in [2.24, 2.45) is 0 Å². The van der Waals surface area contributed by atoms with Crippen LogP contribution in [0.1, 0.15) is 129 Å². The summed E-state index contributed by atoms with van der Waals surface area (Å²) in [5.41, 5.74) is 9.30. The van der Waals surface area contributed by atoms with Gasteiger partial charge in [-0.1, -0.05) is 198 Å². The van der Waals surface area contributed by atoms with Gasteiger partial charge in [0.2, 0.25) is 0 Å². The average Bonchev–Trinajstić information content (AvgIpc) is 3.51. The molecule has 354 valence electrons. The number of phenolic OH excluding ortho intramolecular Hbond substituents is 1. The summed E-state index contributed by atoms with van der Waals surface area (Å²) in [6, 6.07) is 49.1. The molecule has 0 spiro atoms. The molecular formula is C66H69N3O. The fraction of sp³-hybridized carbons (Fsp3) is 0.273. The normalized spacial score (nSPS) is 14.9. The number of fused-ring (bicyclic) bond motifs is 1. The number of benzene rings is 7. The average molecular weight is 929 g/mol. The van der Waals surface area contributed by atoms with E-state index in [4.69, 9.17) is 22.3 Å². The number of para-hydroxylation sites is 1. The van der Waals surface area contributed by atoms with Crippen LogP contribution in [0.25, 0.3) is 83.9 Å². The first-order chi connectivity index (χ1) is 36.7. The number of rotatable bonds is 7. The fourth-order valence-electron chi connectivity index (χ4n) is 9.70. The van der Waals surface area contributed by atoms with Gasteiger partial charge in [-0.05, 0) is 133 Å². The van der Waals surface area contributed by atoms with Gasteiger partial charge < -0.3 is 5.11 Å². The van der Waals surface area contributed by atoms with E-state index in [2.05, 4.69) is 128 Å². The van der Waals surface area contributed by atoms with Crippen molar-refractivity contribution in [2.45, 2.75) is 118 Å². The summed E-state index contributed by atoms with van der Waals surface area (Å²) >= 11 is 0. The second kappa shape index (κ2) is 17.7. The van der Waals surface area contributed by atoms with Crippen molar-refractivity contribution in [3.8, 4) is 78.6 Å². The third-order valence-electron chi connectivity index (χ3n) is 13.6. The summed E-state index contributed by atoms with van der Waals surface area (Å²) in [7, 11) is 0. The second-order valence-corrected chi connectivity index (χ2v) is 22.0. The van der Waals surface area contributed by atoms with Crippen LogP contribution in [0.5, 0.6) is 5.75 Å². The maximum absolute atomic E-state index is 12.8. The van der Waals surface area contributed by atoms with Crippen LogP contribution in [0, 0.1) is 13.8 Å². The number of imidazole rings is 1. The molecule has 0 aliphatic heterocycles. The van der Waals surface area contributed by atoms with E-state index in [1.54, 1.807) is 6.20 Å². The molecule has 2 aromatic heterocycles. The molecule has 70 heavy (non-hydrogen) atoms. The molecule has 0 radical (unpaired) electrons. The Labute approximate surface area is 429 Å². The summed E-state index contributed by atoms with van der Waals surface area (Å²) in [6.07, 6.45) is 1.72. The molecule has 0 unspecified atom stereocenters. The molecule has 0 aliphatic carbocycles. The lowest BCUT2D eigenvalue weighted by molar-refractivity contribution is 0.446. The van der Waals surface area contributed by atoms with Crippen LogP contribution in [0.15, 0.2) is 158 Å². The van der Waals surface area contributed by atoms with Gasteiger partial charge in [0.1, 0.15) is 11.6 Å². The molecule has 0 atom stereocenters. The number of hydrogen-bond donors (Lipinski definition) is 1. The van der Waals surface area contributed by atoms with Crippen LogP contribution in [0.4, 0.5) is 0 Å². The summed E-state index contributed by atoms with van der Waals surface area (Å²) in [6.45, 7) is 12.4. The first kappa shape index (κ1) is 37.8. The van der Waals surface area contributed by atoms with E-state index in [1.807, 2.05) is 92.7 Å². The van der Waals surface area contributed by atoms with E-state index in [1.165, 1.54) is 17.7 Å². The molecule has 9 aromatic rings. The van der Waals surface area contributed by atoms with Crippen LogP contribution in [0.3, 0.4) is 0 Å². The molecule has 0 aliphatic rings. The molecule has 4 nitrogen and oxygen atoms in total. The Morgan fingerprint density at radius 3 is 1.73 bits per heavy atom. The smallest absolute Gasteiger partial charge is 0.149 e. The zero-order valence-electron chi connectivity index (χ0n) is 51.3. The Morgan fingerprint density at radius 2 is 1.10 bits per heavy atom. The Kier molecular flexibility index (Phi) is 9.58. The molecule has 0 saturated heterocycles. The Hall–Kier alpha value is -7.04. The van der Waals surface area contributed by atoms with Gasteiger partial charge >= 0.3 is 0 Å². The van der Waals surface area contributed by atoms with Crippen LogP contribution in [-0.4, -0.2) is 19.6 Å². The van der Waals surface area contributed by atoms with Crippen molar-refractivity contribution < 1.29 is 17.4 Å². The van der Waals surface area contributed by atoms with Gasteiger partial charge in [-0.25, -0.2) is 4.98 Å². The van der Waals surface area contributed by atoms with Gasteiger partial charge in [0.25, 0.3) is 0 Å². The standard InChI is InChI=1S/C66H69N3O/c1-41-40-67-59(42(2)58(41)45-24-19-16-20-25-45)48-34-47(35-50(36-48)64(6,7)8)52-26-21-27-57-60(52)68-62(54-38-51(65(9,10)11)39-55(61(54)70)66(12,13)14)69(57)56-33-30-46(37-53(56)44-22-17-15-18-23-44)43-28-31-49(32-29-43)63(3,4)5/h15-40,70H,1-14H3/i6D3,7D3,8D3. The zero-order chi connectivity index (χ0) is 57.6. The van der Waals surface area contributed by atoms with Crippen LogP contribution < -0.4 is 0 Å². The van der Waals surface area contributed by atoms with Crippen LogP contribution >= 0.6 is 0 Å². The van der Waals surface area contributed by atoms with Crippen molar-refractivity contribution in [2.75, 3.05) is 0 Å². The van der Waals surface area contributed by atoms with Crippen molar-refractivity contribution >= 4 is 11.0 Å².